The Balaban J connectivity index is 1.75. The number of anilines is 1. The number of carbonyl (C=O) groups is 1. The molecule has 0 aromatic heterocycles. The molecule has 5 heteroatoms. The predicted molar refractivity (Wildman–Crippen MR) is 122 cm³/mol. The van der Waals surface area contributed by atoms with E-state index in [1.807, 2.05) is 97.6 Å². The van der Waals surface area contributed by atoms with Crippen LogP contribution in [-0.2, 0) is 16.9 Å². The van der Waals surface area contributed by atoms with Gasteiger partial charge in [0.05, 0.1) is 12.2 Å². The molecule has 31 heavy (non-hydrogen) atoms. The van der Waals surface area contributed by atoms with Crippen LogP contribution in [-0.4, -0.2) is 30.6 Å². The third-order valence-electron chi connectivity index (χ3n) is 5.60. The van der Waals surface area contributed by atoms with Crippen LogP contribution in [0, 0.1) is 0 Å². The average molecular weight is 417 g/mol. The van der Waals surface area contributed by atoms with Crippen molar-refractivity contribution >= 4 is 11.6 Å². The first-order valence-electron chi connectivity index (χ1n) is 10.7. The van der Waals surface area contributed by atoms with Gasteiger partial charge in [0, 0.05) is 24.4 Å². The third-order valence-corrected chi connectivity index (χ3v) is 5.60. The van der Waals surface area contributed by atoms with Crippen LogP contribution in [0.5, 0.6) is 5.75 Å². The molecule has 0 saturated carbocycles. The van der Waals surface area contributed by atoms with Crippen molar-refractivity contribution in [3.63, 3.8) is 0 Å². The fraction of sp³-hybridized carbons (Fsp3) is 0.269. The second-order valence-corrected chi connectivity index (χ2v) is 7.66. The maximum absolute atomic E-state index is 13.6. The van der Waals surface area contributed by atoms with Gasteiger partial charge in [-0.25, -0.2) is 0 Å². The Bertz CT molecular complexity index is 1040. The number of rotatable bonds is 8. The van der Waals surface area contributed by atoms with Gasteiger partial charge in [0.25, 0.3) is 5.91 Å². The molecule has 1 amide bonds. The van der Waals surface area contributed by atoms with Gasteiger partial charge in [0.1, 0.15) is 18.0 Å². The summed E-state index contributed by atoms with van der Waals surface area (Å²) in [6.45, 7) is 6.10. The topological polar surface area (TPSA) is 50.8 Å². The Labute approximate surface area is 183 Å². The van der Waals surface area contributed by atoms with Crippen LogP contribution in [0.3, 0.4) is 0 Å². The molecule has 0 bridgehead atoms. The van der Waals surface area contributed by atoms with E-state index in [1.165, 1.54) is 0 Å². The Morgan fingerprint density at radius 3 is 2.42 bits per heavy atom. The molecule has 1 unspecified atom stereocenters. The number of fused-ring (bicyclic) bond motifs is 1. The van der Waals surface area contributed by atoms with E-state index in [0.717, 1.165) is 22.6 Å². The average Bonchev–Trinajstić information content (AvgIpc) is 2.80. The molecule has 0 radical (unpaired) electrons. The van der Waals surface area contributed by atoms with Crippen LogP contribution < -0.4 is 10.1 Å². The first-order valence-corrected chi connectivity index (χ1v) is 10.7. The van der Waals surface area contributed by atoms with Gasteiger partial charge in [-0.2, -0.15) is 0 Å². The lowest BCUT2D eigenvalue weighted by Crippen LogP contribution is -2.55. The van der Waals surface area contributed by atoms with Gasteiger partial charge in [-0.15, -0.1) is 0 Å². The van der Waals surface area contributed by atoms with Crippen LogP contribution in [0.1, 0.15) is 35.3 Å². The molecule has 0 fully saturated rings. The fourth-order valence-corrected chi connectivity index (χ4v) is 4.02. The van der Waals surface area contributed by atoms with Crippen LogP contribution in [0.15, 0.2) is 78.9 Å². The lowest BCUT2D eigenvalue weighted by atomic mass is 9.92. The van der Waals surface area contributed by atoms with E-state index >= 15 is 0 Å². The smallest absolute Gasteiger partial charge is 0.258 e. The Kier molecular flexibility index (Phi) is 6.23. The Morgan fingerprint density at radius 1 is 0.903 bits per heavy atom. The summed E-state index contributed by atoms with van der Waals surface area (Å²) in [4.78, 5) is 15.5. The third kappa shape index (κ3) is 4.28. The summed E-state index contributed by atoms with van der Waals surface area (Å²) in [6.07, 6.45) is 0. The molecule has 1 aliphatic rings. The zero-order chi connectivity index (χ0) is 21.7. The highest BCUT2D eigenvalue weighted by molar-refractivity contribution is 6.02. The molecule has 0 aliphatic carbocycles. The van der Waals surface area contributed by atoms with Gasteiger partial charge in [0.15, 0.2) is 0 Å². The number of amides is 1. The SMILES string of the molecule is CCOCCOc1ccccc1C1(C)Nc2ccccc2C(=O)N1Cc1ccccc1. The van der Waals surface area contributed by atoms with Crippen molar-refractivity contribution in [2.75, 3.05) is 25.1 Å². The highest BCUT2D eigenvalue weighted by Gasteiger charge is 2.44. The maximum Gasteiger partial charge on any atom is 0.258 e. The van der Waals surface area contributed by atoms with Gasteiger partial charge >= 0.3 is 0 Å². The number of ether oxygens (including phenoxy) is 2. The molecule has 1 aliphatic heterocycles. The Morgan fingerprint density at radius 2 is 1.61 bits per heavy atom. The highest BCUT2D eigenvalue weighted by Crippen LogP contribution is 2.42. The van der Waals surface area contributed by atoms with Crippen molar-refractivity contribution in [3.8, 4) is 5.75 Å². The van der Waals surface area contributed by atoms with Crippen LogP contribution in [0.4, 0.5) is 5.69 Å². The van der Waals surface area contributed by atoms with E-state index in [1.54, 1.807) is 0 Å². The van der Waals surface area contributed by atoms with E-state index < -0.39 is 5.66 Å². The largest absolute Gasteiger partial charge is 0.491 e. The van der Waals surface area contributed by atoms with E-state index in [4.69, 9.17) is 9.47 Å². The summed E-state index contributed by atoms with van der Waals surface area (Å²) in [5, 5.41) is 3.63. The molecule has 0 spiro atoms. The van der Waals surface area contributed by atoms with Gasteiger partial charge in [0.2, 0.25) is 0 Å². The van der Waals surface area contributed by atoms with Crippen molar-refractivity contribution in [1.29, 1.82) is 0 Å². The van der Waals surface area contributed by atoms with Crippen molar-refractivity contribution in [2.24, 2.45) is 0 Å². The van der Waals surface area contributed by atoms with E-state index in [9.17, 15) is 4.79 Å². The molecule has 5 nitrogen and oxygen atoms in total. The highest BCUT2D eigenvalue weighted by atomic mass is 16.5. The lowest BCUT2D eigenvalue weighted by Gasteiger charge is -2.47. The summed E-state index contributed by atoms with van der Waals surface area (Å²) in [5.74, 6) is 0.729. The zero-order valence-electron chi connectivity index (χ0n) is 18.0. The minimum Gasteiger partial charge on any atom is -0.491 e. The van der Waals surface area contributed by atoms with E-state index in [-0.39, 0.29) is 5.91 Å². The van der Waals surface area contributed by atoms with Crippen LogP contribution >= 0.6 is 0 Å². The minimum atomic E-state index is -0.788. The molecule has 4 rings (SSSR count). The molecular weight excluding hydrogens is 388 g/mol. The number of nitrogens with one attached hydrogen (secondary N) is 1. The lowest BCUT2D eigenvalue weighted by molar-refractivity contribution is 0.0498. The van der Waals surface area contributed by atoms with Gasteiger partial charge in [-0.3, -0.25) is 4.79 Å². The molecular formula is C26H28N2O3. The van der Waals surface area contributed by atoms with Gasteiger partial charge < -0.3 is 19.7 Å². The molecule has 160 valence electrons. The monoisotopic (exact) mass is 416 g/mol. The number of carbonyl (C=O) groups excluding carboxylic acids is 1. The zero-order valence-corrected chi connectivity index (χ0v) is 18.0. The number of hydrogen-bond donors (Lipinski definition) is 1. The predicted octanol–water partition coefficient (Wildman–Crippen LogP) is 5.04. The van der Waals surface area contributed by atoms with Gasteiger partial charge in [-0.1, -0.05) is 60.7 Å². The standard InChI is InChI=1S/C26H28N2O3/c1-3-30-17-18-31-24-16-10-8-14-22(24)26(2)27-23-15-9-7-13-21(23)25(29)28(26)19-20-11-5-4-6-12-20/h4-16,27H,3,17-19H2,1-2H3. The second-order valence-electron chi connectivity index (χ2n) is 7.66. The first-order chi connectivity index (χ1) is 15.1. The van der Waals surface area contributed by atoms with Gasteiger partial charge in [-0.05, 0) is 37.6 Å². The summed E-state index contributed by atoms with van der Waals surface area (Å²) in [7, 11) is 0. The molecule has 1 atom stereocenters. The van der Waals surface area contributed by atoms with Crippen molar-refractivity contribution in [2.45, 2.75) is 26.1 Å². The van der Waals surface area contributed by atoms with E-state index in [2.05, 4.69) is 5.32 Å². The molecule has 0 saturated heterocycles. The van der Waals surface area contributed by atoms with E-state index in [0.29, 0.717) is 31.9 Å². The number of nitrogens with zero attached hydrogens (tertiary/aromatic N) is 1. The summed E-state index contributed by atoms with van der Waals surface area (Å²) in [5.41, 5.74) is 2.68. The quantitative estimate of drug-likeness (QED) is 0.523. The van der Waals surface area contributed by atoms with Crippen molar-refractivity contribution < 1.29 is 14.3 Å². The number of hydrogen-bond acceptors (Lipinski definition) is 4. The normalized spacial score (nSPS) is 17.7. The number of benzene rings is 3. The second kappa shape index (κ2) is 9.23. The Hall–Kier alpha value is -3.31. The summed E-state index contributed by atoms with van der Waals surface area (Å²) in [6, 6.07) is 25.6. The van der Waals surface area contributed by atoms with Crippen molar-refractivity contribution in [3.05, 3.63) is 95.6 Å². The summed E-state index contributed by atoms with van der Waals surface area (Å²) >= 11 is 0. The minimum absolute atomic E-state index is 0.00942. The molecule has 3 aromatic rings. The van der Waals surface area contributed by atoms with Crippen LogP contribution in [0.25, 0.3) is 0 Å². The summed E-state index contributed by atoms with van der Waals surface area (Å²) < 4.78 is 11.5. The van der Waals surface area contributed by atoms with Crippen molar-refractivity contribution in [1.82, 2.24) is 4.90 Å². The molecule has 3 aromatic carbocycles. The first kappa shape index (κ1) is 20.9. The maximum atomic E-state index is 13.6. The van der Waals surface area contributed by atoms with Crippen LogP contribution in [0.2, 0.25) is 0 Å². The molecule has 1 N–H and O–H groups in total. The fourth-order valence-electron chi connectivity index (χ4n) is 4.02. The number of para-hydroxylation sites is 2. The molecule has 1 heterocycles.